The molecule has 0 atom stereocenters. The van der Waals surface area contributed by atoms with E-state index in [-0.39, 0.29) is 16.9 Å². The zero-order valence-corrected chi connectivity index (χ0v) is 15.4. The summed E-state index contributed by atoms with van der Waals surface area (Å²) >= 11 is 3.41. The van der Waals surface area contributed by atoms with Crippen molar-refractivity contribution < 1.29 is 14.4 Å². The number of halogens is 1. The van der Waals surface area contributed by atoms with Gasteiger partial charge < -0.3 is 5.32 Å². The summed E-state index contributed by atoms with van der Waals surface area (Å²) in [4.78, 5) is 35.7. The molecule has 25 heavy (non-hydrogen) atoms. The van der Waals surface area contributed by atoms with Crippen LogP contribution in [0.25, 0.3) is 0 Å². The Morgan fingerprint density at radius 2 is 1.68 bits per heavy atom. The Morgan fingerprint density at radius 3 is 2.36 bits per heavy atom. The summed E-state index contributed by atoms with van der Waals surface area (Å²) < 4.78 is 1.00. The highest BCUT2D eigenvalue weighted by atomic mass is 79.9. The Morgan fingerprint density at radius 1 is 1.04 bits per heavy atom. The highest BCUT2D eigenvalue weighted by Crippen LogP contribution is 2.24. The number of fused-ring (bicyclic) bond motifs is 1. The van der Waals surface area contributed by atoms with Gasteiger partial charge in [0.15, 0.2) is 0 Å². The Balaban J connectivity index is 1.73. The van der Waals surface area contributed by atoms with Crippen LogP contribution in [0.5, 0.6) is 0 Å². The molecule has 5 nitrogen and oxygen atoms in total. The smallest absolute Gasteiger partial charge is 0.258 e. The maximum absolute atomic E-state index is 12.4. The molecule has 2 aromatic rings. The van der Waals surface area contributed by atoms with Crippen LogP contribution in [0, 0.1) is 0 Å². The average molecular weight is 401 g/mol. The molecule has 2 aromatic carbocycles. The Kier molecular flexibility index (Phi) is 4.47. The number of carbonyl (C=O) groups excluding carboxylic acids is 3. The SMILES string of the molecule is CC(C)(CNC(=O)c1ccc2c(c1)C(=O)NC2=O)c1ccc(Br)cc1. The minimum Gasteiger partial charge on any atom is -0.351 e. The fourth-order valence-electron chi connectivity index (χ4n) is 2.72. The van der Waals surface area contributed by atoms with E-state index in [2.05, 4.69) is 26.6 Å². The van der Waals surface area contributed by atoms with Crippen LogP contribution in [0.15, 0.2) is 46.9 Å². The molecular weight excluding hydrogens is 384 g/mol. The fraction of sp³-hybridized carbons (Fsp3) is 0.211. The number of imide groups is 1. The topological polar surface area (TPSA) is 75.3 Å². The van der Waals surface area contributed by atoms with E-state index in [1.54, 1.807) is 6.07 Å². The Bertz CT molecular complexity index is 873. The maximum Gasteiger partial charge on any atom is 0.258 e. The van der Waals surface area contributed by atoms with Gasteiger partial charge in [0.25, 0.3) is 17.7 Å². The molecule has 128 valence electrons. The lowest BCUT2D eigenvalue weighted by Gasteiger charge is -2.25. The lowest BCUT2D eigenvalue weighted by molar-refractivity contribution is 0.0878. The van der Waals surface area contributed by atoms with Crippen molar-refractivity contribution in [3.8, 4) is 0 Å². The quantitative estimate of drug-likeness (QED) is 0.774. The number of hydrogen-bond donors (Lipinski definition) is 2. The number of hydrogen-bond acceptors (Lipinski definition) is 3. The second-order valence-corrected chi connectivity index (χ2v) is 7.53. The molecule has 1 aliphatic rings. The molecule has 0 bridgehead atoms. The molecule has 3 amide bonds. The summed E-state index contributed by atoms with van der Waals surface area (Å²) in [5.74, 6) is -1.17. The first-order chi connectivity index (χ1) is 11.8. The normalized spacial score (nSPS) is 13.4. The summed E-state index contributed by atoms with van der Waals surface area (Å²) in [6, 6.07) is 12.5. The van der Waals surface area contributed by atoms with E-state index in [1.807, 2.05) is 38.1 Å². The predicted molar refractivity (Wildman–Crippen MR) is 97.7 cm³/mol. The monoisotopic (exact) mass is 400 g/mol. The van der Waals surface area contributed by atoms with Gasteiger partial charge in [0, 0.05) is 22.0 Å². The minimum absolute atomic E-state index is 0.241. The van der Waals surface area contributed by atoms with Crippen molar-refractivity contribution in [2.45, 2.75) is 19.3 Å². The summed E-state index contributed by atoms with van der Waals surface area (Å²) in [5.41, 5.74) is 1.76. The summed E-state index contributed by atoms with van der Waals surface area (Å²) in [5, 5.41) is 5.12. The van der Waals surface area contributed by atoms with Crippen LogP contribution in [0.1, 0.15) is 50.5 Å². The van der Waals surface area contributed by atoms with E-state index >= 15 is 0 Å². The van der Waals surface area contributed by atoms with Crippen molar-refractivity contribution in [3.05, 3.63) is 69.2 Å². The largest absolute Gasteiger partial charge is 0.351 e. The third-order valence-electron chi connectivity index (χ3n) is 4.31. The fourth-order valence-corrected chi connectivity index (χ4v) is 2.98. The van der Waals surface area contributed by atoms with Gasteiger partial charge in [-0.25, -0.2) is 0 Å². The average Bonchev–Trinajstić information content (AvgIpc) is 2.87. The molecule has 2 N–H and O–H groups in total. The van der Waals surface area contributed by atoms with Gasteiger partial charge in [-0.15, -0.1) is 0 Å². The molecular formula is C19H17BrN2O3. The first-order valence-corrected chi connectivity index (χ1v) is 8.61. The zero-order valence-electron chi connectivity index (χ0n) is 13.9. The van der Waals surface area contributed by atoms with Gasteiger partial charge in [-0.1, -0.05) is 41.9 Å². The molecule has 0 saturated heterocycles. The van der Waals surface area contributed by atoms with Crippen molar-refractivity contribution >= 4 is 33.7 Å². The molecule has 1 aliphatic heterocycles. The lowest BCUT2D eigenvalue weighted by Crippen LogP contribution is -2.36. The van der Waals surface area contributed by atoms with Crippen molar-refractivity contribution in [3.63, 3.8) is 0 Å². The molecule has 0 aliphatic carbocycles. The van der Waals surface area contributed by atoms with Gasteiger partial charge in [0.2, 0.25) is 0 Å². The summed E-state index contributed by atoms with van der Waals surface area (Å²) in [7, 11) is 0. The first-order valence-electron chi connectivity index (χ1n) is 7.82. The number of amides is 3. The number of benzene rings is 2. The third-order valence-corrected chi connectivity index (χ3v) is 4.84. The highest BCUT2D eigenvalue weighted by molar-refractivity contribution is 9.10. The van der Waals surface area contributed by atoms with E-state index < -0.39 is 11.8 Å². The molecule has 0 saturated carbocycles. The Labute approximate surface area is 153 Å². The summed E-state index contributed by atoms with van der Waals surface area (Å²) in [6.45, 7) is 4.53. The van der Waals surface area contributed by atoms with Crippen molar-refractivity contribution in [1.82, 2.24) is 10.6 Å². The number of rotatable bonds is 4. The van der Waals surface area contributed by atoms with Crippen molar-refractivity contribution in [2.24, 2.45) is 0 Å². The second-order valence-electron chi connectivity index (χ2n) is 6.62. The minimum atomic E-state index is -0.468. The molecule has 0 aromatic heterocycles. The van der Waals surface area contributed by atoms with Gasteiger partial charge in [0.1, 0.15) is 0 Å². The van der Waals surface area contributed by atoms with Gasteiger partial charge in [-0.05, 0) is 35.9 Å². The van der Waals surface area contributed by atoms with Gasteiger partial charge in [-0.3, -0.25) is 19.7 Å². The maximum atomic E-state index is 12.4. The Hall–Kier alpha value is -2.47. The van der Waals surface area contributed by atoms with Gasteiger partial charge in [0.05, 0.1) is 11.1 Å². The molecule has 0 fully saturated rings. The zero-order chi connectivity index (χ0) is 18.2. The van der Waals surface area contributed by atoms with E-state index in [4.69, 9.17) is 0 Å². The van der Waals surface area contributed by atoms with Crippen LogP contribution in [0.2, 0.25) is 0 Å². The second kappa shape index (κ2) is 6.44. The van der Waals surface area contributed by atoms with E-state index in [0.717, 1.165) is 10.0 Å². The third kappa shape index (κ3) is 3.49. The number of nitrogens with one attached hydrogen (secondary N) is 2. The van der Waals surface area contributed by atoms with Gasteiger partial charge >= 0.3 is 0 Å². The molecule has 0 unspecified atom stereocenters. The molecule has 3 rings (SSSR count). The molecule has 6 heteroatoms. The van der Waals surface area contributed by atoms with E-state index in [9.17, 15) is 14.4 Å². The van der Waals surface area contributed by atoms with Crippen molar-refractivity contribution in [2.75, 3.05) is 6.54 Å². The van der Waals surface area contributed by atoms with E-state index in [1.165, 1.54) is 12.1 Å². The number of carbonyl (C=O) groups is 3. The van der Waals surface area contributed by atoms with Crippen LogP contribution in [0.4, 0.5) is 0 Å². The van der Waals surface area contributed by atoms with Crippen LogP contribution in [0.3, 0.4) is 0 Å². The van der Waals surface area contributed by atoms with Crippen LogP contribution < -0.4 is 10.6 Å². The van der Waals surface area contributed by atoms with Gasteiger partial charge in [-0.2, -0.15) is 0 Å². The molecule has 0 radical (unpaired) electrons. The van der Waals surface area contributed by atoms with Crippen LogP contribution >= 0.6 is 15.9 Å². The van der Waals surface area contributed by atoms with E-state index in [0.29, 0.717) is 17.7 Å². The van der Waals surface area contributed by atoms with Crippen molar-refractivity contribution in [1.29, 1.82) is 0 Å². The summed E-state index contributed by atoms with van der Waals surface area (Å²) in [6.07, 6.45) is 0. The predicted octanol–water partition coefficient (Wildman–Crippen LogP) is 3.04. The standard InChI is InChI=1S/C19H17BrN2O3/c1-19(2,12-4-6-13(20)7-5-12)10-21-16(23)11-3-8-14-15(9-11)18(25)22-17(14)24/h3-9H,10H2,1-2H3,(H,21,23)(H,22,24,25). The first kappa shape index (κ1) is 17.4. The van der Waals surface area contributed by atoms with Crippen LogP contribution in [-0.2, 0) is 5.41 Å². The lowest BCUT2D eigenvalue weighted by atomic mass is 9.84. The molecule has 1 heterocycles. The molecule has 0 spiro atoms. The highest BCUT2D eigenvalue weighted by Gasteiger charge is 2.28. The van der Waals surface area contributed by atoms with Crippen LogP contribution in [-0.4, -0.2) is 24.3 Å².